The Kier molecular flexibility index (Phi) is 3.35. The van der Waals surface area contributed by atoms with E-state index in [1.807, 2.05) is 13.8 Å². The summed E-state index contributed by atoms with van der Waals surface area (Å²) < 4.78 is 5.38. The van der Waals surface area contributed by atoms with Crippen molar-refractivity contribution in [2.45, 2.75) is 19.4 Å². The quantitative estimate of drug-likeness (QED) is 0.720. The van der Waals surface area contributed by atoms with Gasteiger partial charge < -0.3 is 9.64 Å². The molecule has 1 aromatic heterocycles. The van der Waals surface area contributed by atoms with Crippen LogP contribution in [0.2, 0.25) is 5.15 Å². The van der Waals surface area contributed by atoms with Gasteiger partial charge in [-0.1, -0.05) is 17.7 Å². The van der Waals surface area contributed by atoms with Crippen LogP contribution in [-0.4, -0.2) is 41.1 Å². The number of hydrogen-bond acceptors (Lipinski definition) is 3. The van der Waals surface area contributed by atoms with Crippen LogP contribution in [0, 0.1) is 0 Å². The van der Waals surface area contributed by atoms with Crippen molar-refractivity contribution in [3.05, 3.63) is 29.0 Å². The highest BCUT2D eigenvalue weighted by Crippen LogP contribution is 2.21. The summed E-state index contributed by atoms with van der Waals surface area (Å²) in [4.78, 5) is 18.2. The van der Waals surface area contributed by atoms with Gasteiger partial charge in [-0.2, -0.15) is 0 Å². The Morgan fingerprint density at radius 2 is 2.29 bits per heavy atom. The highest BCUT2D eigenvalue weighted by Gasteiger charge is 2.35. The van der Waals surface area contributed by atoms with Crippen LogP contribution in [0.4, 0.5) is 0 Å². The molecule has 17 heavy (non-hydrogen) atoms. The SMILES string of the molecule is CC1(C)COCCN1C(=O)c1cccc(Cl)n1. The lowest BCUT2D eigenvalue weighted by Crippen LogP contribution is -2.55. The molecule has 0 unspecified atom stereocenters. The molecule has 1 aliphatic rings. The fourth-order valence-electron chi connectivity index (χ4n) is 1.90. The number of amides is 1. The molecule has 5 heteroatoms. The van der Waals surface area contributed by atoms with Gasteiger partial charge in [-0.25, -0.2) is 4.98 Å². The third-order valence-electron chi connectivity index (χ3n) is 2.82. The smallest absolute Gasteiger partial charge is 0.273 e. The van der Waals surface area contributed by atoms with Crippen LogP contribution in [0.1, 0.15) is 24.3 Å². The lowest BCUT2D eigenvalue weighted by Gasteiger charge is -2.41. The molecule has 0 spiro atoms. The topological polar surface area (TPSA) is 42.4 Å². The van der Waals surface area contributed by atoms with Crippen molar-refractivity contribution in [1.29, 1.82) is 0 Å². The number of aromatic nitrogens is 1. The zero-order valence-electron chi connectivity index (χ0n) is 9.94. The molecule has 2 heterocycles. The first kappa shape index (κ1) is 12.3. The van der Waals surface area contributed by atoms with Crippen LogP contribution in [0.3, 0.4) is 0 Å². The van der Waals surface area contributed by atoms with E-state index in [2.05, 4.69) is 4.98 Å². The zero-order chi connectivity index (χ0) is 12.5. The highest BCUT2D eigenvalue weighted by atomic mass is 35.5. The summed E-state index contributed by atoms with van der Waals surface area (Å²) in [5, 5.41) is 0.335. The summed E-state index contributed by atoms with van der Waals surface area (Å²) >= 11 is 5.79. The summed E-state index contributed by atoms with van der Waals surface area (Å²) in [7, 11) is 0. The largest absolute Gasteiger partial charge is 0.377 e. The van der Waals surface area contributed by atoms with Crippen molar-refractivity contribution in [2.24, 2.45) is 0 Å². The second-order valence-electron chi connectivity index (χ2n) is 4.67. The van der Waals surface area contributed by atoms with Crippen molar-refractivity contribution in [3.63, 3.8) is 0 Å². The van der Waals surface area contributed by atoms with E-state index >= 15 is 0 Å². The molecule has 0 aromatic carbocycles. The molecule has 0 atom stereocenters. The number of pyridine rings is 1. The van der Waals surface area contributed by atoms with Crippen LogP contribution in [0.25, 0.3) is 0 Å². The fraction of sp³-hybridized carbons (Fsp3) is 0.500. The van der Waals surface area contributed by atoms with Crippen molar-refractivity contribution in [1.82, 2.24) is 9.88 Å². The number of nitrogens with zero attached hydrogens (tertiary/aromatic N) is 2. The first-order valence-corrected chi connectivity index (χ1v) is 5.91. The first-order chi connectivity index (χ1) is 8.00. The molecule has 4 nitrogen and oxygen atoms in total. The van der Waals surface area contributed by atoms with Crippen molar-refractivity contribution in [3.8, 4) is 0 Å². The van der Waals surface area contributed by atoms with Gasteiger partial charge in [-0.3, -0.25) is 4.79 Å². The van der Waals surface area contributed by atoms with Crippen LogP contribution in [0.5, 0.6) is 0 Å². The summed E-state index contributed by atoms with van der Waals surface area (Å²) in [6.45, 7) is 5.65. The third-order valence-corrected chi connectivity index (χ3v) is 3.04. The van der Waals surface area contributed by atoms with Crippen molar-refractivity contribution >= 4 is 17.5 Å². The third kappa shape index (κ3) is 2.58. The number of hydrogen-bond donors (Lipinski definition) is 0. The van der Waals surface area contributed by atoms with Gasteiger partial charge in [0.25, 0.3) is 5.91 Å². The fourth-order valence-corrected chi connectivity index (χ4v) is 2.06. The maximum atomic E-state index is 12.3. The van der Waals surface area contributed by atoms with Gasteiger partial charge in [0.15, 0.2) is 0 Å². The van der Waals surface area contributed by atoms with E-state index in [4.69, 9.17) is 16.3 Å². The minimum atomic E-state index is -0.306. The summed E-state index contributed by atoms with van der Waals surface area (Å²) in [5.41, 5.74) is 0.0757. The van der Waals surface area contributed by atoms with Crippen LogP contribution >= 0.6 is 11.6 Å². The van der Waals surface area contributed by atoms with E-state index in [0.29, 0.717) is 30.6 Å². The predicted molar refractivity (Wildman–Crippen MR) is 65.2 cm³/mol. The number of rotatable bonds is 1. The number of morpholine rings is 1. The van der Waals surface area contributed by atoms with Crippen LogP contribution in [0.15, 0.2) is 18.2 Å². The highest BCUT2D eigenvalue weighted by molar-refractivity contribution is 6.29. The average molecular weight is 255 g/mol. The Labute approximate surface area is 106 Å². The van der Waals surface area contributed by atoms with Gasteiger partial charge >= 0.3 is 0 Å². The molecule has 0 N–H and O–H groups in total. The molecule has 0 radical (unpaired) electrons. The Bertz CT molecular complexity index is 434. The molecule has 1 aliphatic heterocycles. The van der Waals surface area contributed by atoms with E-state index in [9.17, 15) is 4.79 Å². The van der Waals surface area contributed by atoms with E-state index in [1.165, 1.54) is 0 Å². The first-order valence-electron chi connectivity index (χ1n) is 5.53. The Balaban J connectivity index is 2.25. The monoisotopic (exact) mass is 254 g/mol. The molecule has 0 saturated carbocycles. The lowest BCUT2D eigenvalue weighted by molar-refractivity contribution is -0.0373. The minimum Gasteiger partial charge on any atom is -0.377 e. The van der Waals surface area contributed by atoms with Gasteiger partial charge in [0.1, 0.15) is 10.8 Å². The maximum Gasteiger partial charge on any atom is 0.273 e. The van der Waals surface area contributed by atoms with Gasteiger partial charge in [0.05, 0.1) is 18.8 Å². The van der Waals surface area contributed by atoms with Gasteiger partial charge in [0.2, 0.25) is 0 Å². The Morgan fingerprint density at radius 3 is 2.94 bits per heavy atom. The summed E-state index contributed by atoms with van der Waals surface area (Å²) in [6.07, 6.45) is 0. The molecule has 0 bridgehead atoms. The molecular weight excluding hydrogens is 240 g/mol. The molecule has 1 aromatic rings. The van der Waals surface area contributed by atoms with E-state index in [0.717, 1.165) is 0 Å². The Morgan fingerprint density at radius 1 is 1.53 bits per heavy atom. The molecule has 1 fully saturated rings. The molecule has 2 rings (SSSR count). The van der Waals surface area contributed by atoms with E-state index in [1.54, 1.807) is 23.1 Å². The number of ether oxygens (including phenoxy) is 1. The summed E-state index contributed by atoms with van der Waals surface area (Å²) in [5.74, 6) is -0.0965. The number of carbonyl (C=O) groups excluding carboxylic acids is 1. The number of carbonyl (C=O) groups is 1. The van der Waals surface area contributed by atoms with Crippen LogP contribution in [-0.2, 0) is 4.74 Å². The van der Waals surface area contributed by atoms with Gasteiger partial charge in [-0.15, -0.1) is 0 Å². The summed E-state index contributed by atoms with van der Waals surface area (Å²) in [6, 6.07) is 5.07. The maximum absolute atomic E-state index is 12.3. The second kappa shape index (κ2) is 4.63. The molecule has 0 aliphatic carbocycles. The van der Waals surface area contributed by atoms with E-state index < -0.39 is 0 Å². The van der Waals surface area contributed by atoms with Crippen molar-refractivity contribution < 1.29 is 9.53 Å². The molecule has 92 valence electrons. The standard InChI is InChI=1S/C12H15ClN2O2/c1-12(2)8-17-7-6-15(12)11(16)9-4-3-5-10(13)14-9/h3-5H,6-8H2,1-2H3. The molecule has 1 amide bonds. The van der Waals surface area contributed by atoms with Crippen molar-refractivity contribution in [2.75, 3.05) is 19.8 Å². The minimum absolute atomic E-state index is 0.0965. The molecule has 1 saturated heterocycles. The lowest BCUT2D eigenvalue weighted by atomic mass is 10.0. The number of halogens is 1. The Hall–Kier alpha value is -1.13. The van der Waals surface area contributed by atoms with Gasteiger partial charge in [-0.05, 0) is 26.0 Å². The predicted octanol–water partition coefficient (Wildman–Crippen LogP) is 1.99. The normalized spacial score (nSPS) is 19.1. The average Bonchev–Trinajstić information content (AvgIpc) is 2.27. The zero-order valence-corrected chi connectivity index (χ0v) is 10.7. The van der Waals surface area contributed by atoms with E-state index in [-0.39, 0.29) is 11.4 Å². The molecular formula is C12H15ClN2O2. The van der Waals surface area contributed by atoms with Crippen LogP contribution < -0.4 is 0 Å². The van der Waals surface area contributed by atoms with Gasteiger partial charge in [0, 0.05) is 6.54 Å². The second-order valence-corrected chi connectivity index (χ2v) is 5.05.